The van der Waals surface area contributed by atoms with E-state index in [4.69, 9.17) is 0 Å². The monoisotopic (exact) mass is 260 g/mol. The third-order valence-electron chi connectivity index (χ3n) is 3.65. The summed E-state index contributed by atoms with van der Waals surface area (Å²) in [6.45, 7) is 3.30. The summed E-state index contributed by atoms with van der Waals surface area (Å²) >= 11 is 0. The number of rotatable bonds is 2. The zero-order valence-corrected chi connectivity index (χ0v) is 10.8. The summed E-state index contributed by atoms with van der Waals surface area (Å²) in [7, 11) is 0. The Kier molecular flexibility index (Phi) is 2.85. The van der Waals surface area contributed by atoms with Crippen molar-refractivity contribution in [2.24, 2.45) is 0 Å². The Bertz CT molecular complexity index is 667. The van der Waals surface area contributed by atoms with Crippen LogP contribution in [0.15, 0.2) is 29.5 Å². The van der Waals surface area contributed by atoms with Gasteiger partial charge in [0.15, 0.2) is 0 Å². The summed E-state index contributed by atoms with van der Waals surface area (Å²) in [5.41, 5.74) is 0.309. The average molecular weight is 260 g/mol. The van der Waals surface area contributed by atoms with E-state index in [2.05, 4.69) is 5.10 Å². The van der Waals surface area contributed by atoms with E-state index in [0.29, 0.717) is 5.52 Å². The highest BCUT2D eigenvalue weighted by molar-refractivity contribution is 5.80. The van der Waals surface area contributed by atoms with Gasteiger partial charge < -0.3 is 9.30 Å². The van der Waals surface area contributed by atoms with E-state index < -0.39 is 6.04 Å². The van der Waals surface area contributed by atoms with Crippen molar-refractivity contribution in [3.63, 3.8) is 0 Å². The van der Waals surface area contributed by atoms with Crippen LogP contribution in [0.2, 0.25) is 0 Å². The SMILES string of the molecule is CC(C(=O)N1CCCC1)n1ncn2cccc2c1=O. The van der Waals surface area contributed by atoms with Crippen LogP contribution in [0, 0.1) is 0 Å². The van der Waals surface area contributed by atoms with Crippen LogP contribution in [0.5, 0.6) is 0 Å². The zero-order valence-electron chi connectivity index (χ0n) is 10.8. The lowest BCUT2D eigenvalue weighted by Crippen LogP contribution is -2.39. The minimum Gasteiger partial charge on any atom is -0.341 e. The fourth-order valence-electron chi connectivity index (χ4n) is 2.54. The lowest BCUT2D eigenvalue weighted by atomic mass is 10.3. The van der Waals surface area contributed by atoms with E-state index in [9.17, 15) is 9.59 Å². The van der Waals surface area contributed by atoms with Gasteiger partial charge in [-0.05, 0) is 31.9 Å². The summed E-state index contributed by atoms with van der Waals surface area (Å²) in [6, 6.07) is 2.97. The zero-order chi connectivity index (χ0) is 13.4. The van der Waals surface area contributed by atoms with Crippen molar-refractivity contribution in [2.45, 2.75) is 25.8 Å². The van der Waals surface area contributed by atoms with E-state index in [-0.39, 0.29) is 11.5 Å². The van der Waals surface area contributed by atoms with Crippen LogP contribution in [-0.4, -0.2) is 38.1 Å². The number of nitrogens with zero attached hydrogens (tertiary/aromatic N) is 4. The minimum atomic E-state index is -0.550. The summed E-state index contributed by atoms with van der Waals surface area (Å²) in [4.78, 5) is 26.4. The van der Waals surface area contributed by atoms with Crippen LogP contribution in [-0.2, 0) is 4.79 Å². The van der Waals surface area contributed by atoms with Crippen LogP contribution in [0.3, 0.4) is 0 Å². The quantitative estimate of drug-likeness (QED) is 0.797. The van der Waals surface area contributed by atoms with Crippen molar-refractivity contribution in [1.29, 1.82) is 0 Å². The molecule has 6 nitrogen and oxygen atoms in total. The third-order valence-corrected chi connectivity index (χ3v) is 3.65. The summed E-state index contributed by atoms with van der Waals surface area (Å²) in [6.07, 6.45) is 5.41. The molecule has 6 heteroatoms. The number of carbonyl (C=O) groups excluding carboxylic acids is 1. The molecule has 2 aromatic heterocycles. The molecule has 0 saturated carbocycles. The second kappa shape index (κ2) is 4.53. The lowest BCUT2D eigenvalue weighted by Gasteiger charge is -2.20. The number of hydrogen-bond acceptors (Lipinski definition) is 3. The highest BCUT2D eigenvalue weighted by atomic mass is 16.2. The standard InChI is InChI=1S/C13H16N4O2/c1-10(12(18)15-6-2-3-7-15)17-13(19)11-5-4-8-16(11)9-14-17/h4-5,8-10H,2-3,6-7H2,1H3. The van der Waals surface area contributed by atoms with Crippen LogP contribution >= 0.6 is 0 Å². The molecule has 19 heavy (non-hydrogen) atoms. The predicted octanol–water partition coefficient (Wildman–Crippen LogP) is 0.679. The molecule has 1 saturated heterocycles. The highest BCUT2D eigenvalue weighted by Crippen LogP contribution is 2.13. The smallest absolute Gasteiger partial charge is 0.291 e. The van der Waals surface area contributed by atoms with Crippen molar-refractivity contribution in [1.82, 2.24) is 19.1 Å². The molecule has 0 aliphatic carbocycles. The minimum absolute atomic E-state index is 0.0250. The first-order valence-electron chi connectivity index (χ1n) is 6.52. The molecule has 3 rings (SSSR count). The van der Waals surface area contributed by atoms with Crippen molar-refractivity contribution in [2.75, 3.05) is 13.1 Å². The number of fused-ring (bicyclic) bond motifs is 1. The van der Waals surface area contributed by atoms with E-state index in [1.54, 1.807) is 40.9 Å². The average Bonchev–Trinajstić information content (AvgIpc) is 3.08. The van der Waals surface area contributed by atoms with Gasteiger partial charge in [0, 0.05) is 19.3 Å². The molecular formula is C13H16N4O2. The number of hydrogen-bond donors (Lipinski definition) is 0. The second-order valence-electron chi connectivity index (χ2n) is 4.89. The fourth-order valence-corrected chi connectivity index (χ4v) is 2.54. The Hall–Kier alpha value is -2.11. The molecule has 1 amide bonds. The first kappa shape index (κ1) is 12.0. The number of carbonyl (C=O) groups is 1. The van der Waals surface area contributed by atoms with Gasteiger partial charge in [0.1, 0.15) is 17.9 Å². The van der Waals surface area contributed by atoms with Gasteiger partial charge in [-0.3, -0.25) is 9.59 Å². The van der Waals surface area contributed by atoms with E-state index in [1.807, 2.05) is 0 Å². The second-order valence-corrected chi connectivity index (χ2v) is 4.89. The molecule has 0 spiro atoms. The van der Waals surface area contributed by atoms with Gasteiger partial charge in [-0.15, -0.1) is 0 Å². The molecule has 1 unspecified atom stereocenters. The summed E-state index contributed by atoms with van der Waals surface area (Å²) in [5.74, 6) is -0.0250. The van der Waals surface area contributed by atoms with Crippen LogP contribution in [0.4, 0.5) is 0 Å². The van der Waals surface area contributed by atoms with Gasteiger partial charge in [-0.25, -0.2) is 4.68 Å². The lowest BCUT2D eigenvalue weighted by molar-refractivity contribution is -0.133. The van der Waals surface area contributed by atoms with Crippen LogP contribution < -0.4 is 5.56 Å². The molecule has 1 atom stereocenters. The molecule has 0 radical (unpaired) electrons. The molecule has 2 aromatic rings. The number of amides is 1. The molecule has 0 bridgehead atoms. The van der Waals surface area contributed by atoms with Crippen molar-refractivity contribution in [3.05, 3.63) is 35.0 Å². The third kappa shape index (κ3) is 1.93. The topological polar surface area (TPSA) is 59.6 Å². The molecule has 0 N–H and O–H groups in total. The normalized spacial score (nSPS) is 17.0. The Morgan fingerprint density at radius 3 is 2.84 bits per heavy atom. The molecule has 100 valence electrons. The summed E-state index contributed by atoms with van der Waals surface area (Å²) < 4.78 is 2.93. The Balaban J connectivity index is 1.96. The fraction of sp³-hybridized carbons (Fsp3) is 0.462. The van der Waals surface area contributed by atoms with Crippen LogP contribution in [0.25, 0.3) is 5.52 Å². The van der Waals surface area contributed by atoms with Gasteiger partial charge in [0.05, 0.1) is 0 Å². The molecule has 3 heterocycles. The van der Waals surface area contributed by atoms with Gasteiger partial charge in [0.2, 0.25) is 5.91 Å². The molecule has 0 aromatic carbocycles. The number of aromatic nitrogens is 3. The van der Waals surface area contributed by atoms with Gasteiger partial charge >= 0.3 is 0 Å². The van der Waals surface area contributed by atoms with Gasteiger partial charge in [-0.2, -0.15) is 5.10 Å². The molecule has 1 aliphatic rings. The van der Waals surface area contributed by atoms with Crippen molar-refractivity contribution in [3.8, 4) is 0 Å². The molecule has 1 fully saturated rings. The first-order valence-corrected chi connectivity index (χ1v) is 6.52. The van der Waals surface area contributed by atoms with Gasteiger partial charge in [0.25, 0.3) is 5.56 Å². The number of likely N-dealkylation sites (tertiary alicyclic amines) is 1. The Morgan fingerprint density at radius 1 is 1.37 bits per heavy atom. The molecular weight excluding hydrogens is 244 g/mol. The maximum atomic E-state index is 12.3. The van der Waals surface area contributed by atoms with E-state index in [0.717, 1.165) is 25.9 Å². The predicted molar refractivity (Wildman–Crippen MR) is 70.0 cm³/mol. The Labute approximate surface area is 110 Å². The van der Waals surface area contributed by atoms with E-state index >= 15 is 0 Å². The van der Waals surface area contributed by atoms with E-state index in [1.165, 1.54) is 4.68 Å². The van der Waals surface area contributed by atoms with Crippen molar-refractivity contribution >= 4 is 11.4 Å². The van der Waals surface area contributed by atoms with Gasteiger partial charge in [-0.1, -0.05) is 0 Å². The maximum Gasteiger partial charge on any atom is 0.291 e. The molecule has 1 aliphatic heterocycles. The van der Waals surface area contributed by atoms with Crippen LogP contribution in [0.1, 0.15) is 25.8 Å². The Morgan fingerprint density at radius 2 is 2.11 bits per heavy atom. The van der Waals surface area contributed by atoms with Crippen molar-refractivity contribution < 1.29 is 4.79 Å². The highest BCUT2D eigenvalue weighted by Gasteiger charge is 2.26. The summed E-state index contributed by atoms with van der Waals surface area (Å²) in [5, 5.41) is 4.09. The largest absolute Gasteiger partial charge is 0.341 e. The first-order chi connectivity index (χ1) is 9.18. The maximum absolute atomic E-state index is 12.3.